The first-order valence-electron chi connectivity index (χ1n) is 6.70. The van der Waals surface area contributed by atoms with Crippen molar-refractivity contribution in [3.05, 3.63) is 0 Å². The lowest BCUT2D eigenvalue weighted by Crippen LogP contribution is -2.51. The summed E-state index contributed by atoms with van der Waals surface area (Å²) in [4.78, 5) is 12.1. The van der Waals surface area contributed by atoms with Crippen LogP contribution in [0.5, 0.6) is 0 Å². The Morgan fingerprint density at radius 3 is 2.35 bits per heavy atom. The summed E-state index contributed by atoms with van der Waals surface area (Å²) in [5.41, 5.74) is -1.47. The van der Waals surface area contributed by atoms with Gasteiger partial charge in [0.05, 0.1) is 13.2 Å². The fourth-order valence-corrected chi connectivity index (χ4v) is 2.86. The number of aliphatic hydroxyl groups excluding tert-OH is 1. The van der Waals surface area contributed by atoms with Crippen LogP contribution < -0.4 is 0 Å². The minimum atomic E-state index is -1.47. The van der Waals surface area contributed by atoms with Gasteiger partial charge in [0.25, 0.3) is 0 Å². The lowest BCUT2D eigenvalue weighted by atomic mass is 9.94. The molecular formula is C13H20O7. The maximum Gasteiger partial charge on any atom is 0.344 e. The Hall–Kier alpha value is -0.730. The van der Waals surface area contributed by atoms with Crippen LogP contribution in [-0.4, -0.2) is 59.8 Å². The number of aliphatic hydroxyl groups is 1. The lowest BCUT2D eigenvalue weighted by Gasteiger charge is -2.26. The molecule has 3 aliphatic rings. The zero-order valence-corrected chi connectivity index (χ0v) is 12.0. The van der Waals surface area contributed by atoms with Crippen LogP contribution in [0.15, 0.2) is 0 Å². The van der Waals surface area contributed by atoms with Crippen molar-refractivity contribution in [3.63, 3.8) is 0 Å². The standard InChI is InChI=1S/C13H20O7/c1-11(2)16-5-7(19-11)8-9(14)13(10(15)18-8)6-17-12(3,4)20-13/h7-9,14H,5-6H2,1-4H3/t7-,8-,9+,13-/m1/s1. The van der Waals surface area contributed by atoms with Gasteiger partial charge in [-0.1, -0.05) is 0 Å². The maximum absolute atomic E-state index is 12.1. The number of rotatable bonds is 1. The predicted molar refractivity (Wildman–Crippen MR) is 64.6 cm³/mol. The molecule has 0 aromatic heterocycles. The number of ether oxygens (including phenoxy) is 5. The Morgan fingerprint density at radius 1 is 1.15 bits per heavy atom. The Kier molecular flexibility index (Phi) is 2.94. The van der Waals surface area contributed by atoms with E-state index >= 15 is 0 Å². The van der Waals surface area contributed by atoms with Crippen LogP contribution in [0.1, 0.15) is 27.7 Å². The molecule has 3 heterocycles. The fourth-order valence-electron chi connectivity index (χ4n) is 2.86. The Bertz CT molecular complexity index is 432. The molecule has 3 saturated heterocycles. The van der Waals surface area contributed by atoms with Crippen molar-refractivity contribution in [1.29, 1.82) is 0 Å². The van der Waals surface area contributed by atoms with Crippen molar-refractivity contribution in [1.82, 2.24) is 0 Å². The molecule has 3 aliphatic heterocycles. The monoisotopic (exact) mass is 288 g/mol. The smallest absolute Gasteiger partial charge is 0.344 e. The van der Waals surface area contributed by atoms with Crippen molar-refractivity contribution in [2.24, 2.45) is 0 Å². The molecule has 3 fully saturated rings. The first-order valence-corrected chi connectivity index (χ1v) is 6.70. The molecule has 0 amide bonds. The summed E-state index contributed by atoms with van der Waals surface area (Å²) >= 11 is 0. The van der Waals surface area contributed by atoms with E-state index in [4.69, 9.17) is 23.7 Å². The van der Waals surface area contributed by atoms with E-state index in [0.29, 0.717) is 0 Å². The normalized spacial score (nSPS) is 46.0. The second kappa shape index (κ2) is 4.14. The Morgan fingerprint density at radius 2 is 1.85 bits per heavy atom. The average Bonchev–Trinajstić information content (AvgIpc) is 2.91. The molecule has 1 N–H and O–H groups in total. The first-order chi connectivity index (χ1) is 9.15. The summed E-state index contributed by atoms with van der Waals surface area (Å²) in [6.45, 7) is 7.13. The van der Waals surface area contributed by atoms with Gasteiger partial charge in [0.1, 0.15) is 12.2 Å². The molecular weight excluding hydrogens is 268 g/mol. The van der Waals surface area contributed by atoms with E-state index in [1.807, 2.05) is 0 Å². The molecule has 114 valence electrons. The molecule has 0 radical (unpaired) electrons. The number of cyclic esters (lactones) is 1. The van der Waals surface area contributed by atoms with E-state index in [0.717, 1.165) is 0 Å². The minimum Gasteiger partial charge on any atom is -0.454 e. The summed E-state index contributed by atoms with van der Waals surface area (Å²) in [5, 5.41) is 10.5. The molecule has 7 heteroatoms. The van der Waals surface area contributed by atoms with Gasteiger partial charge >= 0.3 is 5.97 Å². The number of esters is 1. The molecule has 0 aromatic carbocycles. The minimum absolute atomic E-state index is 0.0343. The molecule has 4 atom stereocenters. The van der Waals surface area contributed by atoms with E-state index in [1.165, 1.54) is 0 Å². The van der Waals surface area contributed by atoms with Crippen LogP contribution in [0.3, 0.4) is 0 Å². The van der Waals surface area contributed by atoms with Crippen LogP contribution in [0.4, 0.5) is 0 Å². The Balaban J connectivity index is 1.80. The largest absolute Gasteiger partial charge is 0.454 e. The third-order valence-corrected chi connectivity index (χ3v) is 3.84. The predicted octanol–water partition coefficient (Wildman–Crippen LogP) is -0.0541. The highest BCUT2D eigenvalue weighted by Gasteiger charge is 2.66. The highest BCUT2D eigenvalue weighted by Crippen LogP contribution is 2.42. The molecule has 0 aromatic rings. The van der Waals surface area contributed by atoms with E-state index in [9.17, 15) is 9.90 Å². The van der Waals surface area contributed by atoms with Gasteiger partial charge in [-0.15, -0.1) is 0 Å². The Labute approximate surface area is 117 Å². The van der Waals surface area contributed by atoms with Gasteiger partial charge in [0.2, 0.25) is 5.60 Å². The molecule has 7 nitrogen and oxygen atoms in total. The van der Waals surface area contributed by atoms with Crippen molar-refractivity contribution in [2.75, 3.05) is 13.2 Å². The van der Waals surface area contributed by atoms with E-state index in [2.05, 4.69) is 0 Å². The van der Waals surface area contributed by atoms with E-state index in [-0.39, 0.29) is 13.2 Å². The first kappa shape index (κ1) is 14.2. The molecule has 0 aliphatic carbocycles. The second-order valence-corrected chi connectivity index (χ2v) is 6.36. The molecule has 3 rings (SSSR count). The SMILES string of the molecule is CC1(C)OC[C@H]([C@H]2OC(=O)[C@@]3(COC(C)(C)O3)[C@H]2O)O1. The molecule has 0 saturated carbocycles. The van der Waals surface area contributed by atoms with E-state index in [1.54, 1.807) is 27.7 Å². The number of hydrogen-bond donors (Lipinski definition) is 1. The van der Waals surface area contributed by atoms with Crippen LogP contribution in [-0.2, 0) is 28.5 Å². The van der Waals surface area contributed by atoms with Gasteiger partial charge in [0, 0.05) is 0 Å². The van der Waals surface area contributed by atoms with Gasteiger partial charge in [-0.2, -0.15) is 0 Å². The molecule has 0 unspecified atom stereocenters. The van der Waals surface area contributed by atoms with Gasteiger partial charge < -0.3 is 28.8 Å². The van der Waals surface area contributed by atoms with Crippen molar-refractivity contribution < 1.29 is 33.6 Å². The molecule has 0 bridgehead atoms. The highest BCUT2D eigenvalue weighted by molar-refractivity contribution is 5.84. The van der Waals surface area contributed by atoms with Gasteiger partial charge in [-0.25, -0.2) is 4.79 Å². The second-order valence-electron chi connectivity index (χ2n) is 6.36. The lowest BCUT2D eigenvalue weighted by molar-refractivity contribution is -0.187. The fraction of sp³-hybridized carbons (Fsp3) is 0.923. The van der Waals surface area contributed by atoms with Crippen LogP contribution in [0.25, 0.3) is 0 Å². The molecule has 1 spiro atoms. The zero-order valence-electron chi connectivity index (χ0n) is 12.0. The van der Waals surface area contributed by atoms with Gasteiger partial charge in [-0.05, 0) is 27.7 Å². The zero-order chi connectivity index (χ0) is 14.8. The quantitative estimate of drug-likeness (QED) is 0.677. The van der Waals surface area contributed by atoms with Crippen LogP contribution >= 0.6 is 0 Å². The van der Waals surface area contributed by atoms with Crippen LogP contribution in [0, 0.1) is 0 Å². The van der Waals surface area contributed by atoms with Crippen molar-refractivity contribution in [3.8, 4) is 0 Å². The average molecular weight is 288 g/mol. The molecule has 20 heavy (non-hydrogen) atoms. The van der Waals surface area contributed by atoms with Crippen LogP contribution in [0.2, 0.25) is 0 Å². The number of carbonyl (C=O) groups is 1. The maximum atomic E-state index is 12.1. The topological polar surface area (TPSA) is 83.5 Å². The van der Waals surface area contributed by atoms with Gasteiger partial charge in [-0.3, -0.25) is 0 Å². The van der Waals surface area contributed by atoms with E-state index < -0.39 is 41.5 Å². The van der Waals surface area contributed by atoms with Gasteiger partial charge in [0.15, 0.2) is 17.7 Å². The number of carbonyl (C=O) groups excluding carboxylic acids is 1. The summed E-state index contributed by atoms with van der Waals surface area (Å²) in [7, 11) is 0. The third kappa shape index (κ3) is 2.05. The van der Waals surface area contributed by atoms with Crippen molar-refractivity contribution >= 4 is 5.97 Å². The van der Waals surface area contributed by atoms with Crippen molar-refractivity contribution in [2.45, 2.75) is 63.2 Å². The summed E-state index contributed by atoms with van der Waals surface area (Å²) in [5.74, 6) is -2.30. The number of hydrogen-bond acceptors (Lipinski definition) is 7. The third-order valence-electron chi connectivity index (χ3n) is 3.84. The summed E-state index contributed by atoms with van der Waals surface area (Å²) in [6, 6.07) is 0. The highest BCUT2D eigenvalue weighted by atomic mass is 16.8. The summed E-state index contributed by atoms with van der Waals surface area (Å²) in [6.07, 6.45) is -2.49. The summed E-state index contributed by atoms with van der Waals surface area (Å²) < 4.78 is 27.4.